The minimum atomic E-state index is -1.17. The molecule has 1 heterocycles. The Bertz CT molecular complexity index is 881. The van der Waals surface area contributed by atoms with Gasteiger partial charge in [0, 0.05) is 0 Å². The number of carboxylic acid groups (broad SMARTS) is 1. The number of furan rings is 1. The number of rotatable bonds is 8. The van der Waals surface area contributed by atoms with E-state index in [4.69, 9.17) is 30.6 Å². The Morgan fingerprint density at radius 2 is 2.11 bits per heavy atom. The number of hydrogen-bond donors (Lipinski definition) is 3. The number of carboxylic acids is 1. The predicted molar refractivity (Wildman–Crippen MR) is 97.4 cm³/mol. The first kappa shape index (κ1) is 20.8. The molecule has 2 amide bonds. The van der Waals surface area contributed by atoms with Crippen LogP contribution in [0, 0.1) is 0 Å². The molecule has 0 fully saturated rings. The van der Waals surface area contributed by atoms with Gasteiger partial charge in [-0.15, -0.1) is 0 Å². The molecule has 1 aromatic heterocycles. The molecule has 0 spiro atoms. The van der Waals surface area contributed by atoms with Gasteiger partial charge < -0.3 is 24.3 Å². The molecular weight excluding hydrogens is 394 g/mol. The van der Waals surface area contributed by atoms with Gasteiger partial charge in [0.15, 0.2) is 18.1 Å². The van der Waals surface area contributed by atoms with E-state index < -0.39 is 24.4 Å². The van der Waals surface area contributed by atoms with Gasteiger partial charge in [-0.3, -0.25) is 9.59 Å². The van der Waals surface area contributed by atoms with Crippen LogP contribution in [-0.4, -0.2) is 42.8 Å². The maximum atomic E-state index is 11.7. The van der Waals surface area contributed by atoms with Crippen molar-refractivity contribution in [2.45, 2.75) is 6.54 Å². The second-order valence-corrected chi connectivity index (χ2v) is 5.58. The van der Waals surface area contributed by atoms with Crippen molar-refractivity contribution in [3.05, 3.63) is 46.9 Å². The predicted octanol–water partition coefficient (Wildman–Crippen LogP) is 1.17. The SMILES string of the molecule is COc1cc(/C=N\NC(=O)C(=O)NCc2ccco2)cc(Cl)c1OCC(=O)O. The van der Waals surface area contributed by atoms with Crippen LogP contribution in [0.3, 0.4) is 0 Å². The zero-order chi connectivity index (χ0) is 20.5. The molecule has 2 aromatic rings. The van der Waals surface area contributed by atoms with Crippen LogP contribution in [0.1, 0.15) is 11.3 Å². The number of aliphatic carboxylic acids is 1. The molecule has 0 saturated heterocycles. The minimum absolute atomic E-state index is 0.0602. The zero-order valence-electron chi connectivity index (χ0n) is 14.6. The Morgan fingerprint density at radius 1 is 1.32 bits per heavy atom. The molecule has 2 rings (SSSR count). The molecule has 10 nitrogen and oxygen atoms in total. The van der Waals surface area contributed by atoms with Crippen molar-refractivity contribution in [2.75, 3.05) is 13.7 Å². The monoisotopic (exact) mass is 409 g/mol. The average molecular weight is 410 g/mol. The summed E-state index contributed by atoms with van der Waals surface area (Å²) in [5.74, 6) is -2.29. The summed E-state index contributed by atoms with van der Waals surface area (Å²) in [5, 5.41) is 14.8. The van der Waals surface area contributed by atoms with Crippen molar-refractivity contribution in [1.29, 1.82) is 0 Å². The molecule has 0 radical (unpaired) electrons. The molecule has 0 bridgehead atoms. The molecule has 0 aliphatic carbocycles. The van der Waals surface area contributed by atoms with Crippen LogP contribution < -0.4 is 20.2 Å². The molecule has 0 atom stereocenters. The second kappa shape index (κ2) is 9.97. The van der Waals surface area contributed by atoms with Crippen LogP contribution in [0.25, 0.3) is 0 Å². The summed E-state index contributed by atoms with van der Waals surface area (Å²) in [6, 6.07) is 6.20. The topological polar surface area (TPSA) is 139 Å². The number of methoxy groups -OCH3 is 1. The van der Waals surface area contributed by atoms with Crippen LogP contribution >= 0.6 is 11.6 Å². The molecule has 11 heteroatoms. The highest BCUT2D eigenvalue weighted by atomic mass is 35.5. The Balaban J connectivity index is 1.95. The number of halogens is 1. The van der Waals surface area contributed by atoms with Crippen LogP contribution in [-0.2, 0) is 20.9 Å². The Labute approximate surface area is 164 Å². The molecule has 28 heavy (non-hydrogen) atoms. The van der Waals surface area contributed by atoms with E-state index in [9.17, 15) is 14.4 Å². The van der Waals surface area contributed by atoms with Gasteiger partial charge in [0.2, 0.25) is 0 Å². The maximum absolute atomic E-state index is 11.7. The van der Waals surface area contributed by atoms with Gasteiger partial charge in [0.1, 0.15) is 5.76 Å². The number of carbonyl (C=O) groups excluding carboxylic acids is 2. The fourth-order valence-electron chi connectivity index (χ4n) is 1.97. The summed E-state index contributed by atoms with van der Waals surface area (Å²) in [6.07, 6.45) is 2.68. The van der Waals surface area contributed by atoms with Crippen molar-refractivity contribution in [2.24, 2.45) is 5.10 Å². The van der Waals surface area contributed by atoms with Gasteiger partial charge >= 0.3 is 17.8 Å². The van der Waals surface area contributed by atoms with E-state index in [1.165, 1.54) is 31.7 Å². The molecule has 0 unspecified atom stereocenters. The molecular formula is C17H16ClN3O7. The first-order valence-electron chi connectivity index (χ1n) is 7.76. The van der Waals surface area contributed by atoms with Gasteiger partial charge in [-0.05, 0) is 29.8 Å². The fourth-order valence-corrected chi connectivity index (χ4v) is 2.24. The third-order valence-electron chi connectivity index (χ3n) is 3.18. The molecule has 0 aliphatic heterocycles. The number of hydrogen-bond acceptors (Lipinski definition) is 7. The van der Waals surface area contributed by atoms with E-state index >= 15 is 0 Å². The summed E-state index contributed by atoms with van der Waals surface area (Å²) < 4.78 is 15.2. The third kappa shape index (κ3) is 6.02. The van der Waals surface area contributed by atoms with E-state index in [0.29, 0.717) is 11.3 Å². The fraction of sp³-hybridized carbons (Fsp3) is 0.176. The molecule has 1 aromatic carbocycles. The lowest BCUT2D eigenvalue weighted by atomic mass is 10.2. The van der Waals surface area contributed by atoms with E-state index in [-0.39, 0.29) is 23.1 Å². The van der Waals surface area contributed by atoms with Gasteiger partial charge in [0.05, 0.1) is 31.2 Å². The first-order chi connectivity index (χ1) is 13.4. The van der Waals surface area contributed by atoms with E-state index in [1.807, 2.05) is 0 Å². The van der Waals surface area contributed by atoms with Crippen LogP contribution in [0.15, 0.2) is 40.0 Å². The highest BCUT2D eigenvalue weighted by Crippen LogP contribution is 2.36. The number of benzene rings is 1. The number of hydrazone groups is 1. The molecule has 148 valence electrons. The lowest BCUT2D eigenvalue weighted by Gasteiger charge is -2.11. The zero-order valence-corrected chi connectivity index (χ0v) is 15.4. The highest BCUT2D eigenvalue weighted by molar-refractivity contribution is 6.35. The van der Waals surface area contributed by atoms with Crippen molar-refractivity contribution in [3.8, 4) is 11.5 Å². The minimum Gasteiger partial charge on any atom is -0.493 e. The summed E-state index contributed by atoms with van der Waals surface area (Å²) in [7, 11) is 1.35. The molecule has 0 saturated carbocycles. The highest BCUT2D eigenvalue weighted by Gasteiger charge is 2.14. The van der Waals surface area contributed by atoms with Crippen LogP contribution in [0.4, 0.5) is 0 Å². The maximum Gasteiger partial charge on any atom is 0.341 e. The second-order valence-electron chi connectivity index (χ2n) is 5.18. The van der Waals surface area contributed by atoms with Crippen molar-refractivity contribution >= 4 is 35.6 Å². The smallest absolute Gasteiger partial charge is 0.341 e. The largest absolute Gasteiger partial charge is 0.493 e. The van der Waals surface area contributed by atoms with Crippen molar-refractivity contribution in [1.82, 2.24) is 10.7 Å². The Morgan fingerprint density at radius 3 is 2.75 bits per heavy atom. The Kier molecular flexibility index (Phi) is 7.40. The standard InChI is InChI=1S/C17H16ClN3O7/c1-26-13-6-10(5-12(18)15(13)28-9-14(22)23)7-20-21-17(25)16(24)19-8-11-3-2-4-27-11/h2-7H,8-9H2,1H3,(H,19,24)(H,21,25)(H,22,23)/b20-7-. The summed E-state index contributed by atoms with van der Waals surface area (Å²) in [4.78, 5) is 34.0. The van der Waals surface area contributed by atoms with Gasteiger partial charge in [-0.25, -0.2) is 10.2 Å². The van der Waals surface area contributed by atoms with Crippen molar-refractivity contribution < 1.29 is 33.4 Å². The van der Waals surface area contributed by atoms with Gasteiger partial charge in [-0.1, -0.05) is 11.6 Å². The summed E-state index contributed by atoms with van der Waals surface area (Å²) in [6.45, 7) is -0.528. The van der Waals surface area contributed by atoms with E-state index in [1.54, 1.807) is 12.1 Å². The number of nitrogens with one attached hydrogen (secondary N) is 2. The normalized spacial score (nSPS) is 10.5. The Hall–Kier alpha value is -3.53. The van der Waals surface area contributed by atoms with Crippen LogP contribution in [0.2, 0.25) is 5.02 Å². The number of amides is 2. The lowest BCUT2D eigenvalue weighted by molar-refractivity contribution is -0.139. The average Bonchev–Trinajstić information content (AvgIpc) is 3.18. The van der Waals surface area contributed by atoms with Crippen LogP contribution in [0.5, 0.6) is 11.5 Å². The number of nitrogens with zero attached hydrogens (tertiary/aromatic N) is 1. The summed E-state index contributed by atoms with van der Waals surface area (Å²) >= 11 is 6.06. The van der Waals surface area contributed by atoms with Gasteiger partial charge in [0.25, 0.3) is 0 Å². The number of ether oxygens (including phenoxy) is 2. The number of carbonyl (C=O) groups is 3. The van der Waals surface area contributed by atoms with Crippen molar-refractivity contribution in [3.63, 3.8) is 0 Å². The summed E-state index contributed by atoms with van der Waals surface area (Å²) in [5.41, 5.74) is 2.49. The molecule has 0 aliphatic rings. The third-order valence-corrected chi connectivity index (χ3v) is 3.46. The first-order valence-corrected chi connectivity index (χ1v) is 8.14. The van der Waals surface area contributed by atoms with Gasteiger partial charge in [-0.2, -0.15) is 5.10 Å². The van der Waals surface area contributed by atoms with E-state index in [2.05, 4.69) is 15.8 Å². The lowest BCUT2D eigenvalue weighted by Crippen LogP contribution is -2.37. The molecule has 3 N–H and O–H groups in total. The van der Waals surface area contributed by atoms with E-state index in [0.717, 1.165) is 0 Å². The quantitative estimate of drug-likeness (QED) is 0.338.